The highest BCUT2D eigenvalue weighted by atomic mass is 16.2. The zero-order chi connectivity index (χ0) is 22.3. The lowest BCUT2D eigenvalue weighted by Crippen LogP contribution is -2.40. The molecule has 1 aliphatic rings. The van der Waals surface area contributed by atoms with Crippen LogP contribution in [-0.4, -0.2) is 45.9 Å². The van der Waals surface area contributed by atoms with Crippen LogP contribution >= 0.6 is 0 Å². The Morgan fingerprint density at radius 1 is 1.00 bits per heavy atom. The summed E-state index contributed by atoms with van der Waals surface area (Å²) in [5, 5.41) is 3.01. The summed E-state index contributed by atoms with van der Waals surface area (Å²) in [6, 6.07) is 18.0. The first-order valence-corrected chi connectivity index (χ1v) is 11.6. The van der Waals surface area contributed by atoms with Crippen molar-refractivity contribution < 1.29 is 9.59 Å². The van der Waals surface area contributed by atoms with Crippen molar-refractivity contribution in [3.8, 4) is 0 Å². The molecule has 1 N–H and O–H groups in total. The van der Waals surface area contributed by atoms with Crippen LogP contribution in [0.5, 0.6) is 0 Å². The number of rotatable bonds is 8. The number of hydrogen-bond acceptors (Lipinski definition) is 3. The third-order valence-corrected chi connectivity index (χ3v) is 6.32. The molecule has 1 saturated heterocycles. The lowest BCUT2D eigenvalue weighted by molar-refractivity contribution is -0.133. The van der Waals surface area contributed by atoms with E-state index in [0.29, 0.717) is 31.8 Å². The van der Waals surface area contributed by atoms with Gasteiger partial charge in [-0.1, -0.05) is 49.4 Å². The van der Waals surface area contributed by atoms with Crippen LogP contribution in [0.4, 0.5) is 0 Å². The summed E-state index contributed by atoms with van der Waals surface area (Å²) in [4.78, 5) is 32.0. The number of carbonyl (C=O) groups is 2. The maximum Gasteiger partial charge on any atom is 0.242 e. The number of nitrogens with one attached hydrogen (secondary N) is 1. The fraction of sp³-hybridized carbons (Fsp3) is 0.423. The second kappa shape index (κ2) is 10.4. The highest BCUT2D eigenvalue weighted by Gasteiger charge is 2.22. The number of hydrogen-bond donors (Lipinski definition) is 1. The van der Waals surface area contributed by atoms with Gasteiger partial charge < -0.3 is 14.8 Å². The first-order chi connectivity index (χ1) is 15.6. The highest BCUT2D eigenvalue weighted by molar-refractivity contribution is 5.81. The predicted molar refractivity (Wildman–Crippen MR) is 126 cm³/mol. The molecule has 0 unspecified atom stereocenters. The summed E-state index contributed by atoms with van der Waals surface area (Å²) in [6.45, 7) is 4.72. The highest BCUT2D eigenvalue weighted by Crippen LogP contribution is 2.19. The minimum atomic E-state index is 0.0371. The summed E-state index contributed by atoms with van der Waals surface area (Å²) in [7, 11) is 0. The topological polar surface area (TPSA) is 67.2 Å². The molecular formula is C26H32N4O2. The quantitative estimate of drug-likeness (QED) is 0.592. The molecule has 32 heavy (non-hydrogen) atoms. The van der Waals surface area contributed by atoms with E-state index in [1.807, 2.05) is 64.1 Å². The summed E-state index contributed by atoms with van der Waals surface area (Å²) >= 11 is 0. The van der Waals surface area contributed by atoms with Crippen LogP contribution in [0.3, 0.4) is 0 Å². The zero-order valence-corrected chi connectivity index (χ0v) is 18.8. The van der Waals surface area contributed by atoms with Crippen molar-refractivity contribution >= 4 is 22.8 Å². The standard InChI is InChI=1S/C26H32N4O2/c1-20-14-17-29(18-15-20)26(32)19-30-23-10-6-5-9-22(23)28-24(30)13-16-27-25(31)12-11-21-7-3-2-4-8-21/h2-10,20H,11-19H2,1H3,(H,27,31). The van der Waals surface area contributed by atoms with Crippen molar-refractivity contribution in [2.75, 3.05) is 19.6 Å². The fourth-order valence-corrected chi connectivity index (χ4v) is 4.29. The summed E-state index contributed by atoms with van der Waals surface area (Å²) in [5.41, 5.74) is 3.02. The van der Waals surface area contributed by atoms with Gasteiger partial charge in [-0.25, -0.2) is 4.98 Å². The van der Waals surface area contributed by atoms with Gasteiger partial charge in [-0.05, 0) is 42.9 Å². The van der Waals surface area contributed by atoms with E-state index in [4.69, 9.17) is 4.98 Å². The van der Waals surface area contributed by atoms with Crippen LogP contribution in [0.15, 0.2) is 54.6 Å². The van der Waals surface area contributed by atoms with E-state index in [1.165, 1.54) is 0 Å². The third-order valence-electron chi connectivity index (χ3n) is 6.32. The van der Waals surface area contributed by atoms with E-state index in [0.717, 1.165) is 54.8 Å². The van der Waals surface area contributed by atoms with Gasteiger partial charge in [0.2, 0.25) is 11.8 Å². The smallest absolute Gasteiger partial charge is 0.242 e. The molecule has 3 aromatic rings. The Labute approximate surface area is 189 Å². The maximum atomic E-state index is 13.0. The number of benzene rings is 2. The Hall–Kier alpha value is -3.15. The maximum absolute atomic E-state index is 13.0. The molecule has 0 spiro atoms. The van der Waals surface area contributed by atoms with Gasteiger partial charge in [0.1, 0.15) is 12.4 Å². The van der Waals surface area contributed by atoms with Crippen LogP contribution in [0.25, 0.3) is 11.0 Å². The first kappa shape index (κ1) is 22.1. The van der Waals surface area contributed by atoms with Crippen molar-refractivity contribution in [3.05, 3.63) is 66.0 Å². The van der Waals surface area contributed by atoms with E-state index in [1.54, 1.807) is 0 Å². The number of likely N-dealkylation sites (tertiary alicyclic amines) is 1. The van der Waals surface area contributed by atoms with Gasteiger partial charge in [0.15, 0.2) is 0 Å². The van der Waals surface area contributed by atoms with Gasteiger partial charge in [-0.15, -0.1) is 0 Å². The summed E-state index contributed by atoms with van der Waals surface area (Å²) in [6.07, 6.45) is 3.92. The second-order valence-corrected chi connectivity index (χ2v) is 8.75. The first-order valence-electron chi connectivity index (χ1n) is 11.6. The Balaban J connectivity index is 1.36. The molecule has 2 aromatic carbocycles. The number of imidazole rings is 1. The molecule has 6 nitrogen and oxygen atoms in total. The van der Waals surface area contributed by atoms with Crippen LogP contribution in [0.1, 0.15) is 37.6 Å². The van der Waals surface area contributed by atoms with E-state index in [2.05, 4.69) is 12.2 Å². The molecule has 168 valence electrons. The van der Waals surface area contributed by atoms with Crippen molar-refractivity contribution in [1.29, 1.82) is 0 Å². The molecule has 2 amide bonds. The molecule has 4 rings (SSSR count). The van der Waals surface area contributed by atoms with E-state index < -0.39 is 0 Å². The molecule has 6 heteroatoms. The van der Waals surface area contributed by atoms with Gasteiger partial charge >= 0.3 is 0 Å². The SMILES string of the molecule is CC1CCN(C(=O)Cn2c(CCNC(=O)CCc3ccccc3)nc3ccccc32)CC1. The molecule has 0 saturated carbocycles. The lowest BCUT2D eigenvalue weighted by atomic mass is 9.99. The number of aromatic nitrogens is 2. The van der Waals surface area contributed by atoms with Gasteiger partial charge in [0.05, 0.1) is 11.0 Å². The Kier molecular flexibility index (Phi) is 7.20. The van der Waals surface area contributed by atoms with Gasteiger partial charge in [0.25, 0.3) is 0 Å². The fourth-order valence-electron chi connectivity index (χ4n) is 4.29. The average Bonchev–Trinajstić information content (AvgIpc) is 3.16. The molecule has 0 atom stereocenters. The number of piperidine rings is 1. The summed E-state index contributed by atoms with van der Waals surface area (Å²) < 4.78 is 2.02. The normalized spacial score (nSPS) is 14.6. The molecular weight excluding hydrogens is 400 g/mol. The number of para-hydroxylation sites is 2. The largest absolute Gasteiger partial charge is 0.356 e. The lowest BCUT2D eigenvalue weighted by Gasteiger charge is -2.30. The number of fused-ring (bicyclic) bond motifs is 1. The molecule has 0 radical (unpaired) electrons. The molecule has 1 aliphatic heterocycles. The van der Waals surface area contributed by atoms with Crippen LogP contribution < -0.4 is 5.32 Å². The number of nitrogens with zero attached hydrogens (tertiary/aromatic N) is 3. The predicted octanol–water partition coefficient (Wildman–Crippen LogP) is 3.59. The van der Waals surface area contributed by atoms with Crippen LogP contribution in [-0.2, 0) is 29.0 Å². The minimum Gasteiger partial charge on any atom is -0.356 e. The Bertz CT molecular complexity index is 1050. The van der Waals surface area contributed by atoms with Crippen molar-refractivity contribution in [2.45, 2.75) is 45.6 Å². The van der Waals surface area contributed by atoms with Crippen molar-refractivity contribution in [3.63, 3.8) is 0 Å². The van der Waals surface area contributed by atoms with E-state index >= 15 is 0 Å². The average molecular weight is 433 g/mol. The van der Waals surface area contributed by atoms with E-state index in [9.17, 15) is 9.59 Å². The summed E-state index contributed by atoms with van der Waals surface area (Å²) in [5.74, 6) is 1.71. The molecule has 1 fully saturated rings. The van der Waals surface area contributed by atoms with E-state index in [-0.39, 0.29) is 11.8 Å². The second-order valence-electron chi connectivity index (χ2n) is 8.75. The van der Waals surface area contributed by atoms with Crippen molar-refractivity contribution in [2.24, 2.45) is 5.92 Å². The van der Waals surface area contributed by atoms with Crippen LogP contribution in [0.2, 0.25) is 0 Å². The molecule has 1 aromatic heterocycles. The zero-order valence-electron chi connectivity index (χ0n) is 18.8. The van der Waals surface area contributed by atoms with Gasteiger partial charge in [0, 0.05) is 32.5 Å². The minimum absolute atomic E-state index is 0.0371. The van der Waals surface area contributed by atoms with Gasteiger partial charge in [-0.3, -0.25) is 9.59 Å². The number of carbonyl (C=O) groups excluding carboxylic acids is 2. The Morgan fingerprint density at radius 3 is 2.50 bits per heavy atom. The van der Waals surface area contributed by atoms with Gasteiger partial charge in [-0.2, -0.15) is 0 Å². The van der Waals surface area contributed by atoms with Crippen LogP contribution in [0, 0.1) is 5.92 Å². The molecule has 2 heterocycles. The monoisotopic (exact) mass is 432 g/mol. The number of amides is 2. The molecule has 0 aliphatic carbocycles. The molecule has 0 bridgehead atoms. The van der Waals surface area contributed by atoms with Crippen molar-refractivity contribution in [1.82, 2.24) is 19.8 Å². The number of aryl methyl sites for hydroxylation is 1. The Morgan fingerprint density at radius 2 is 1.72 bits per heavy atom. The third kappa shape index (κ3) is 5.55.